The van der Waals surface area contributed by atoms with Crippen molar-refractivity contribution in [3.63, 3.8) is 0 Å². The molecule has 1 amide bonds. The van der Waals surface area contributed by atoms with E-state index in [1.54, 1.807) is 25.3 Å². The number of nitrogens with zero attached hydrogens (tertiary/aromatic N) is 2. The summed E-state index contributed by atoms with van der Waals surface area (Å²) in [5.41, 5.74) is 1.56. The van der Waals surface area contributed by atoms with Crippen LogP contribution in [0.15, 0.2) is 45.9 Å². The van der Waals surface area contributed by atoms with E-state index in [-0.39, 0.29) is 29.8 Å². The van der Waals surface area contributed by atoms with Gasteiger partial charge in [-0.1, -0.05) is 12.1 Å². The predicted molar refractivity (Wildman–Crippen MR) is 115 cm³/mol. The molecule has 1 aromatic carbocycles. The third-order valence-electron chi connectivity index (χ3n) is 5.62. The lowest BCUT2D eigenvalue weighted by molar-refractivity contribution is -0.135. The van der Waals surface area contributed by atoms with Crippen LogP contribution in [0, 0.1) is 13.8 Å². The monoisotopic (exact) mass is 433 g/mol. The quantitative estimate of drug-likeness (QED) is 0.692. The highest BCUT2D eigenvalue weighted by atomic mass is 32.2. The number of rotatable bonds is 8. The summed E-state index contributed by atoms with van der Waals surface area (Å²) in [6.45, 7) is 5.97. The standard InChI is InChI=1S/C22H31N3O4S/c1-17-6-7-18(2)21(15-17)30(27,28)23-11-8-22(26)25(16-20-5-4-14-29-20)19-9-12-24(3)13-10-19/h4-7,14-15,19,23H,8-13,16H2,1-3H3. The molecule has 1 aromatic heterocycles. The van der Waals surface area contributed by atoms with Crippen LogP contribution in [-0.2, 0) is 21.4 Å². The first-order chi connectivity index (χ1) is 14.3. The van der Waals surface area contributed by atoms with Crippen molar-refractivity contribution in [2.45, 2.75) is 50.6 Å². The molecule has 0 atom stereocenters. The average Bonchev–Trinajstić information content (AvgIpc) is 3.22. The lowest BCUT2D eigenvalue weighted by Gasteiger charge is -2.37. The van der Waals surface area contributed by atoms with Crippen LogP contribution in [0.25, 0.3) is 0 Å². The van der Waals surface area contributed by atoms with Gasteiger partial charge in [-0.3, -0.25) is 4.79 Å². The van der Waals surface area contributed by atoms with E-state index >= 15 is 0 Å². The largest absolute Gasteiger partial charge is 0.467 e. The summed E-state index contributed by atoms with van der Waals surface area (Å²) < 4.78 is 33.4. The molecule has 2 aromatic rings. The molecule has 0 spiro atoms. The zero-order valence-electron chi connectivity index (χ0n) is 17.9. The number of benzene rings is 1. The van der Waals surface area contributed by atoms with Gasteiger partial charge in [0, 0.05) is 19.0 Å². The van der Waals surface area contributed by atoms with Crippen molar-refractivity contribution in [3.8, 4) is 0 Å². The first-order valence-electron chi connectivity index (χ1n) is 10.3. The van der Waals surface area contributed by atoms with Gasteiger partial charge in [0.05, 0.1) is 17.7 Å². The van der Waals surface area contributed by atoms with Gasteiger partial charge in [0.25, 0.3) is 0 Å². The van der Waals surface area contributed by atoms with Crippen molar-refractivity contribution < 1.29 is 17.6 Å². The average molecular weight is 434 g/mol. The molecule has 1 fully saturated rings. The Balaban J connectivity index is 1.64. The minimum atomic E-state index is -3.66. The summed E-state index contributed by atoms with van der Waals surface area (Å²) in [5.74, 6) is 0.669. The van der Waals surface area contributed by atoms with Gasteiger partial charge in [0.2, 0.25) is 15.9 Å². The SMILES string of the molecule is Cc1ccc(C)c(S(=O)(=O)NCCC(=O)N(Cc2ccco2)C2CCN(C)CC2)c1. The molecule has 0 aliphatic carbocycles. The number of nitrogens with one attached hydrogen (secondary N) is 1. The number of amides is 1. The van der Waals surface area contributed by atoms with Crippen molar-refractivity contribution in [2.75, 3.05) is 26.7 Å². The maximum atomic E-state index is 13.0. The molecule has 30 heavy (non-hydrogen) atoms. The van der Waals surface area contributed by atoms with E-state index in [0.717, 1.165) is 37.3 Å². The van der Waals surface area contributed by atoms with Crippen molar-refractivity contribution in [2.24, 2.45) is 0 Å². The van der Waals surface area contributed by atoms with Crippen LogP contribution in [0.2, 0.25) is 0 Å². The summed E-state index contributed by atoms with van der Waals surface area (Å²) in [5, 5.41) is 0. The Morgan fingerprint density at radius 3 is 2.63 bits per heavy atom. The smallest absolute Gasteiger partial charge is 0.240 e. The molecular formula is C22H31N3O4S. The van der Waals surface area contributed by atoms with E-state index in [2.05, 4.69) is 16.7 Å². The van der Waals surface area contributed by atoms with E-state index in [1.165, 1.54) is 0 Å². The van der Waals surface area contributed by atoms with Gasteiger partial charge < -0.3 is 14.2 Å². The number of hydrogen-bond donors (Lipinski definition) is 1. The van der Waals surface area contributed by atoms with Crippen LogP contribution in [0.3, 0.4) is 0 Å². The highest BCUT2D eigenvalue weighted by Gasteiger charge is 2.28. The zero-order chi connectivity index (χ0) is 21.7. The van der Waals surface area contributed by atoms with Crippen molar-refractivity contribution >= 4 is 15.9 Å². The molecule has 1 saturated heterocycles. The van der Waals surface area contributed by atoms with Crippen molar-refractivity contribution in [3.05, 3.63) is 53.5 Å². The maximum absolute atomic E-state index is 13.0. The molecule has 0 bridgehead atoms. The van der Waals surface area contributed by atoms with Gasteiger partial charge in [0.15, 0.2) is 0 Å². The van der Waals surface area contributed by atoms with Crippen LogP contribution in [0.1, 0.15) is 36.1 Å². The highest BCUT2D eigenvalue weighted by molar-refractivity contribution is 7.89. The summed E-state index contributed by atoms with van der Waals surface area (Å²) in [4.78, 5) is 17.4. The van der Waals surface area contributed by atoms with Crippen molar-refractivity contribution in [1.82, 2.24) is 14.5 Å². The van der Waals surface area contributed by atoms with Gasteiger partial charge in [-0.05, 0) is 76.2 Å². The van der Waals surface area contributed by atoms with Crippen LogP contribution >= 0.6 is 0 Å². The molecule has 0 saturated carbocycles. The Kier molecular flexibility index (Phi) is 7.33. The fraction of sp³-hybridized carbons (Fsp3) is 0.500. The molecule has 8 heteroatoms. The summed E-state index contributed by atoms with van der Waals surface area (Å²) in [7, 11) is -1.58. The fourth-order valence-corrected chi connectivity index (χ4v) is 5.17. The molecular weight excluding hydrogens is 402 g/mol. The number of carbonyl (C=O) groups excluding carboxylic acids is 1. The van der Waals surface area contributed by atoms with Gasteiger partial charge in [0.1, 0.15) is 5.76 Å². The first kappa shape index (κ1) is 22.5. The molecule has 0 unspecified atom stereocenters. The van der Waals surface area contributed by atoms with Crippen LogP contribution in [0.4, 0.5) is 0 Å². The maximum Gasteiger partial charge on any atom is 0.240 e. The number of hydrogen-bond acceptors (Lipinski definition) is 5. The second kappa shape index (κ2) is 9.76. The summed E-state index contributed by atoms with van der Waals surface area (Å²) in [6, 6.07) is 9.13. The fourth-order valence-electron chi connectivity index (χ4n) is 3.81. The van der Waals surface area contributed by atoms with Crippen LogP contribution in [-0.4, -0.2) is 56.8 Å². The molecule has 0 radical (unpaired) electrons. The lowest BCUT2D eigenvalue weighted by Crippen LogP contribution is -2.46. The third-order valence-corrected chi connectivity index (χ3v) is 7.22. The number of aryl methyl sites for hydroxylation is 2. The van der Waals surface area contributed by atoms with E-state index < -0.39 is 10.0 Å². The number of piperidine rings is 1. The number of sulfonamides is 1. The van der Waals surface area contributed by atoms with Gasteiger partial charge in [-0.2, -0.15) is 0 Å². The molecule has 2 heterocycles. The first-order valence-corrected chi connectivity index (χ1v) is 11.8. The number of likely N-dealkylation sites (tertiary alicyclic amines) is 1. The van der Waals surface area contributed by atoms with E-state index in [0.29, 0.717) is 12.1 Å². The van der Waals surface area contributed by atoms with E-state index in [1.807, 2.05) is 30.0 Å². The predicted octanol–water partition coefficient (Wildman–Crippen LogP) is 2.69. The third kappa shape index (κ3) is 5.71. The van der Waals surface area contributed by atoms with Gasteiger partial charge in [-0.25, -0.2) is 13.1 Å². The van der Waals surface area contributed by atoms with Crippen LogP contribution < -0.4 is 4.72 Å². The lowest BCUT2D eigenvalue weighted by atomic mass is 10.0. The number of carbonyl (C=O) groups is 1. The minimum Gasteiger partial charge on any atom is -0.467 e. The molecule has 3 rings (SSSR count). The Morgan fingerprint density at radius 2 is 1.97 bits per heavy atom. The normalized spacial score (nSPS) is 16.0. The van der Waals surface area contributed by atoms with E-state index in [9.17, 15) is 13.2 Å². The number of furan rings is 1. The Hall–Kier alpha value is -2.16. The topological polar surface area (TPSA) is 82.9 Å². The molecule has 164 valence electrons. The molecule has 7 nitrogen and oxygen atoms in total. The second-order valence-corrected chi connectivity index (χ2v) is 9.79. The highest BCUT2D eigenvalue weighted by Crippen LogP contribution is 2.20. The Bertz CT molecular complexity index is 949. The molecule has 1 aliphatic rings. The van der Waals surface area contributed by atoms with Crippen LogP contribution in [0.5, 0.6) is 0 Å². The zero-order valence-corrected chi connectivity index (χ0v) is 18.7. The van der Waals surface area contributed by atoms with Gasteiger partial charge in [-0.15, -0.1) is 0 Å². The summed E-state index contributed by atoms with van der Waals surface area (Å²) in [6.07, 6.45) is 3.51. The summed E-state index contributed by atoms with van der Waals surface area (Å²) >= 11 is 0. The second-order valence-electron chi connectivity index (χ2n) is 8.05. The van der Waals surface area contributed by atoms with Crippen molar-refractivity contribution in [1.29, 1.82) is 0 Å². The Labute approximate surface area is 179 Å². The van der Waals surface area contributed by atoms with E-state index in [4.69, 9.17) is 4.42 Å². The minimum absolute atomic E-state index is 0.0652. The molecule has 1 aliphatic heterocycles. The van der Waals surface area contributed by atoms with Gasteiger partial charge >= 0.3 is 0 Å². The Morgan fingerprint density at radius 1 is 1.23 bits per heavy atom. The molecule has 1 N–H and O–H groups in total.